The Morgan fingerprint density at radius 2 is 2.09 bits per heavy atom. The first-order chi connectivity index (χ1) is 15.5. The average molecular weight is 496 g/mol. The van der Waals surface area contributed by atoms with Crippen LogP contribution in [0.1, 0.15) is 28.7 Å². The number of hydrogen-bond donors (Lipinski definition) is 1. The Balaban J connectivity index is 1.41. The van der Waals surface area contributed by atoms with Crippen molar-refractivity contribution in [2.75, 3.05) is 25.5 Å². The van der Waals surface area contributed by atoms with Gasteiger partial charge >= 0.3 is 0 Å². The van der Waals surface area contributed by atoms with Crippen molar-refractivity contribution >= 4 is 33.4 Å². The maximum atomic E-state index is 13.1. The van der Waals surface area contributed by atoms with Crippen LogP contribution in [-0.4, -0.2) is 55.2 Å². The molecule has 0 bridgehead atoms. The maximum Gasteiger partial charge on any atom is 0.275 e. The molecule has 0 aliphatic carbocycles. The second kappa shape index (κ2) is 8.45. The van der Waals surface area contributed by atoms with Crippen molar-refractivity contribution in [3.05, 3.63) is 64.7 Å². The Labute approximate surface area is 193 Å². The van der Waals surface area contributed by atoms with Gasteiger partial charge in [0, 0.05) is 55.2 Å². The van der Waals surface area contributed by atoms with Gasteiger partial charge in [-0.2, -0.15) is 10.1 Å². The van der Waals surface area contributed by atoms with Crippen molar-refractivity contribution in [2.24, 2.45) is 7.05 Å². The third-order valence-electron chi connectivity index (χ3n) is 5.58. The molecule has 0 saturated carbocycles. The predicted molar refractivity (Wildman–Crippen MR) is 123 cm³/mol. The van der Waals surface area contributed by atoms with Gasteiger partial charge in [-0.3, -0.25) is 18.8 Å². The summed E-state index contributed by atoms with van der Waals surface area (Å²) in [5, 5.41) is 7.18. The van der Waals surface area contributed by atoms with Crippen molar-refractivity contribution in [3.63, 3.8) is 0 Å². The standard InChI is InChI=1S/C22H22BrN7O2/c1-28-19(16(12-24-28)21(32-2)29-8-4-9-29)20(31)26-18-7-10-30-13-17(25-22(30)27-18)14-5-3-6-15(23)11-14/h3,5-7,10-13,21H,4,8-9H2,1-2H3,(H,25,26,27,31). The molecule has 1 aliphatic rings. The fraction of sp³-hybridized carbons (Fsp3) is 0.273. The Bertz CT molecular complexity index is 1290. The molecule has 164 valence electrons. The zero-order chi connectivity index (χ0) is 22.2. The number of halogens is 1. The summed E-state index contributed by atoms with van der Waals surface area (Å²) >= 11 is 3.49. The number of nitrogens with zero attached hydrogens (tertiary/aromatic N) is 6. The van der Waals surface area contributed by atoms with E-state index in [9.17, 15) is 4.79 Å². The van der Waals surface area contributed by atoms with Gasteiger partial charge < -0.3 is 10.1 Å². The third-order valence-corrected chi connectivity index (χ3v) is 6.08. The quantitative estimate of drug-likeness (QED) is 0.440. The summed E-state index contributed by atoms with van der Waals surface area (Å²) < 4.78 is 10.0. The summed E-state index contributed by atoms with van der Waals surface area (Å²) in [6.07, 6.45) is 6.25. The average Bonchev–Trinajstić information content (AvgIpc) is 3.33. The van der Waals surface area contributed by atoms with Crippen molar-refractivity contribution in [2.45, 2.75) is 12.6 Å². The van der Waals surface area contributed by atoms with Crippen LogP contribution in [0.3, 0.4) is 0 Å². The van der Waals surface area contributed by atoms with Gasteiger partial charge in [-0.1, -0.05) is 28.1 Å². The summed E-state index contributed by atoms with van der Waals surface area (Å²) in [6, 6.07) is 9.66. The first-order valence-corrected chi connectivity index (χ1v) is 11.0. The zero-order valence-corrected chi connectivity index (χ0v) is 19.3. The van der Waals surface area contributed by atoms with Gasteiger partial charge in [0.15, 0.2) is 0 Å². The number of benzene rings is 1. The molecule has 9 nitrogen and oxygen atoms in total. The highest BCUT2D eigenvalue weighted by atomic mass is 79.9. The molecule has 1 fully saturated rings. The SMILES string of the molecule is COC(c1cnn(C)c1C(=O)Nc1ccn2cc(-c3cccc(Br)c3)nc2n1)N1CCC1. The smallest absolute Gasteiger partial charge is 0.275 e. The van der Waals surface area contributed by atoms with Crippen LogP contribution in [0.5, 0.6) is 0 Å². The van der Waals surface area contributed by atoms with E-state index >= 15 is 0 Å². The fourth-order valence-electron chi connectivity index (χ4n) is 3.87. The van der Waals surface area contributed by atoms with Gasteiger partial charge in [0.05, 0.1) is 11.9 Å². The van der Waals surface area contributed by atoms with Gasteiger partial charge in [-0.15, -0.1) is 0 Å². The number of rotatable bonds is 6. The molecule has 3 aromatic heterocycles. The molecule has 1 amide bonds. The van der Waals surface area contributed by atoms with Crippen LogP contribution >= 0.6 is 15.9 Å². The summed E-state index contributed by atoms with van der Waals surface area (Å²) in [5.41, 5.74) is 2.97. The molecular weight excluding hydrogens is 474 g/mol. The predicted octanol–water partition coefficient (Wildman–Crippen LogP) is 3.50. The number of amides is 1. The van der Waals surface area contributed by atoms with Crippen LogP contribution in [0.4, 0.5) is 5.82 Å². The van der Waals surface area contributed by atoms with E-state index < -0.39 is 0 Å². The molecule has 0 radical (unpaired) electrons. The minimum Gasteiger partial charge on any atom is -0.362 e. The first kappa shape index (κ1) is 20.8. The van der Waals surface area contributed by atoms with Gasteiger partial charge in [-0.05, 0) is 24.6 Å². The van der Waals surface area contributed by atoms with Crippen molar-refractivity contribution in [3.8, 4) is 11.3 Å². The molecule has 32 heavy (non-hydrogen) atoms. The largest absolute Gasteiger partial charge is 0.362 e. The molecule has 1 aliphatic heterocycles. The van der Waals surface area contributed by atoms with Crippen LogP contribution < -0.4 is 5.32 Å². The molecule has 0 spiro atoms. The number of anilines is 1. The highest BCUT2D eigenvalue weighted by Crippen LogP contribution is 2.29. The lowest BCUT2D eigenvalue weighted by Gasteiger charge is -2.37. The van der Waals surface area contributed by atoms with Crippen LogP contribution in [-0.2, 0) is 11.8 Å². The monoisotopic (exact) mass is 495 g/mol. The third kappa shape index (κ3) is 3.81. The highest BCUT2D eigenvalue weighted by molar-refractivity contribution is 9.10. The number of imidazole rings is 1. The lowest BCUT2D eigenvalue weighted by molar-refractivity contribution is -0.0665. The Morgan fingerprint density at radius 3 is 2.81 bits per heavy atom. The van der Waals surface area contributed by atoms with E-state index in [-0.39, 0.29) is 12.1 Å². The lowest BCUT2D eigenvalue weighted by Crippen LogP contribution is -2.41. The number of aryl methyl sites for hydroxylation is 1. The molecule has 5 rings (SSSR count). The van der Waals surface area contributed by atoms with Gasteiger partial charge in [0.1, 0.15) is 17.7 Å². The van der Waals surface area contributed by atoms with Crippen molar-refractivity contribution < 1.29 is 9.53 Å². The highest BCUT2D eigenvalue weighted by Gasteiger charge is 2.31. The van der Waals surface area contributed by atoms with E-state index in [1.165, 1.54) is 0 Å². The van der Waals surface area contributed by atoms with E-state index in [4.69, 9.17) is 4.74 Å². The molecule has 1 atom stereocenters. The molecule has 1 N–H and O–H groups in total. The number of carbonyl (C=O) groups is 1. The number of hydrogen-bond acceptors (Lipinski definition) is 6. The normalized spacial score (nSPS) is 15.0. The number of likely N-dealkylation sites (tertiary alicyclic amines) is 1. The number of fused-ring (bicyclic) bond motifs is 1. The van der Waals surface area contributed by atoms with E-state index in [0.717, 1.165) is 40.8 Å². The second-order valence-electron chi connectivity index (χ2n) is 7.66. The maximum absolute atomic E-state index is 13.1. The minimum absolute atomic E-state index is 0.293. The zero-order valence-electron chi connectivity index (χ0n) is 17.7. The lowest BCUT2D eigenvalue weighted by atomic mass is 10.1. The molecule has 1 aromatic carbocycles. The fourth-order valence-corrected chi connectivity index (χ4v) is 4.26. The molecular formula is C22H22BrN7O2. The first-order valence-electron chi connectivity index (χ1n) is 10.3. The van der Waals surface area contributed by atoms with E-state index in [1.807, 2.05) is 41.1 Å². The van der Waals surface area contributed by atoms with Crippen molar-refractivity contribution in [1.29, 1.82) is 0 Å². The second-order valence-corrected chi connectivity index (χ2v) is 8.58. The summed E-state index contributed by atoms with van der Waals surface area (Å²) in [4.78, 5) is 24.4. The van der Waals surface area contributed by atoms with E-state index in [0.29, 0.717) is 17.3 Å². The molecule has 1 saturated heterocycles. The summed E-state index contributed by atoms with van der Waals surface area (Å²) in [7, 11) is 3.39. The van der Waals surface area contributed by atoms with Gasteiger partial charge in [-0.25, -0.2) is 4.98 Å². The Hall–Kier alpha value is -3.08. The molecule has 4 heterocycles. The number of nitrogens with one attached hydrogen (secondary N) is 1. The molecule has 1 unspecified atom stereocenters. The van der Waals surface area contributed by atoms with Crippen LogP contribution in [0.2, 0.25) is 0 Å². The number of aromatic nitrogens is 5. The summed E-state index contributed by atoms with van der Waals surface area (Å²) in [6.45, 7) is 1.87. The number of carbonyl (C=O) groups excluding carboxylic acids is 1. The van der Waals surface area contributed by atoms with E-state index in [2.05, 4.69) is 41.2 Å². The van der Waals surface area contributed by atoms with Crippen molar-refractivity contribution in [1.82, 2.24) is 29.0 Å². The van der Waals surface area contributed by atoms with E-state index in [1.54, 1.807) is 31.1 Å². The van der Waals surface area contributed by atoms with Crippen LogP contribution in [0.25, 0.3) is 17.0 Å². The number of ether oxygens (including phenoxy) is 1. The Morgan fingerprint density at radius 1 is 1.25 bits per heavy atom. The minimum atomic E-state index is -0.298. The van der Waals surface area contributed by atoms with Crippen LogP contribution in [0.15, 0.2) is 53.4 Å². The summed E-state index contributed by atoms with van der Waals surface area (Å²) in [5.74, 6) is 0.621. The Kier molecular flexibility index (Phi) is 5.50. The van der Waals surface area contributed by atoms with Crippen LogP contribution in [0, 0.1) is 0 Å². The number of methoxy groups -OCH3 is 1. The molecule has 10 heteroatoms. The van der Waals surface area contributed by atoms with Gasteiger partial charge in [0.2, 0.25) is 5.78 Å². The topological polar surface area (TPSA) is 89.6 Å². The molecule has 4 aromatic rings. The van der Waals surface area contributed by atoms with Gasteiger partial charge in [0.25, 0.3) is 5.91 Å².